The summed E-state index contributed by atoms with van der Waals surface area (Å²) in [5.74, 6) is 1.12. The fourth-order valence-electron chi connectivity index (χ4n) is 3.25. The Hall–Kier alpha value is -2.15. The Bertz CT molecular complexity index is 635. The van der Waals surface area contributed by atoms with Crippen LogP contribution in [0.5, 0.6) is 0 Å². The van der Waals surface area contributed by atoms with E-state index in [2.05, 4.69) is 4.98 Å². The summed E-state index contributed by atoms with van der Waals surface area (Å²) in [5, 5.41) is 0. The number of morpholine rings is 1. The van der Waals surface area contributed by atoms with Crippen molar-refractivity contribution in [2.75, 3.05) is 51.8 Å². The molecule has 3 rings (SSSR count). The van der Waals surface area contributed by atoms with Gasteiger partial charge in [-0.05, 0) is 18.6 Å². The number of rotatable bonds is 5. The molecule has 0 aromatic carbocycles. The topological polar surface area (TPSA) is 66.0 Å². The molecule has 2 aliphatic rings. The van der Waals surface area contributed by atoms with E-state index < -0.39 is 0 Å². The second kappa shape index (κ2) is 7.82. The van der Waals surface area contributed by atoms with E-state index in [4.69, 9.17) is 4.74 Å². The van der Waals surface area contributed by atoms with E-state index in [1.807, 2.05) is 42.1 Å². The van der Waals surface area contributed by atoms with Crippen molar-refractivity contribution in [3.63, 3.8) is 0 Å². The fourth-order valence-corrected chi connectivity index (χ4v) is 3.25. The lowest BCUT2D eigenvalue weighted by molar-refractivity contribution is -0.140. The zero-order chi connectivity index (χ0) is 17.8. The first-order chi connectivity index (χ1) is 12.0. The molecule has 0 aliphatic carbocycles. The number of anilines is 1. The lowest BCUT2D eigenvalue weighted by atomic mass is 10.1. The Labute approximate surface area is 148 Å². The number of amides is 2. The van der Waals surface area contributed by atoms with Gasteiger partial charge in [-0.2, -0.15) is 0 Å². The van der Waals surface area contributed by atoms with Crippen LogP contribution in [0.3, 0.4) is 0 Å². The van der Waals surface area contributed by atoms with Crippen molar-refractivity contribution in [1.29, 1.82) is 0 Å². The molecule has 2 fully saturated rings. The van der Waals surface area contributed by atoms with Crippen molar-refractivity contribution >= 4 is 17.6 Å². The molecule has 0 N–H and O–H groups in total. The molecule has 2 aliphatic heterocycles. The number of pyridine rings is 1. The molecule has 1 aromatic rings. The number of carbonyl (C=O) groups excluding carboxylic acids is 2. The van der Waals surface area contributed by atoms with E-state index in [1.165, 1.54) is 0 Å². The van der Waals surface area contributed by atoms with Crippen molar-refractivity contribution < 1.29 is 14.3 Å². The number of hydrogen-bond donors (Lipinski definition) is 0. The summed E-state index contributed by atoms with van der Waals surface area (Å²) in [7, 11) is 3.90. The molecule has 2 amide bonds. The SMILES string of the molecule is CN(C)c1cccc(C2CN(C(=O)CCN3CCCC3=O)CCO2)n1. The van der Waals surface area contributed by atoms with Crippen LogP contribution in [0.15, 0.2) is 18.2 Å². The van der Waals surface area contributed by atoms with Gasteiger partial charge in [-0.25, -0.2) is 4.98 Å². The smallest absolute Gasteiger partial charge is 0.224 e. The molecule has 7 heteroatoms. The van der Waals surface area contributed by atoms with E-state index in [-0.39, 0.29) is 17.9 Å². The Kier molecular flexibility index (Phi) is 5.53. The highest BCUT2D eigenvalue weighted by Crippen LogP contribution is 2.23. The fraction of sp³-hybridized carbons (Fsp3) is 0.611. The molecule has 2 saturated heterocycles. The molecular formula is C18H26N4O3. The Morgan fingerprint density at radius 2 is 2.20 bits per heavy atom. The van der Waals surface area contributed by atoms with Crippen LogP contribution in [0.4, 0.5) is 5.82 Å². The lowest BCUT2D eigenvalue weighted by Crippen LogP contribution is -2.43. The minimum atomic E-state index is -0.203. The highest BCUT2D eigenvalue weighted by atomic mass is 16.5. The second-order valence-corrected chi connectivity index (χ2v) is 6.75. The molecule has 0 saturated carbocycles. The summed E-state index contributed by atoms with van der Waals surface area (Å²) in [5.41, 5.74) is 0.846. The first-order valence-corrected chi connectivity index (χ1v) is 8.86. The van der Waals surface area contributed by atoms with Crippen LogP contribution < -0.4 is 4.90 Å². The number of carbonyl (C=O) groups is 2. The van der Waals surface area contributed by atoms with E-state index in [9.17, 15) is 9.59 Å². The third-order valence-electron chi connectivity index (χ3n) is 4.73. The van der Waals surface area contributed by atoms with Crippen LogP contribution in [-0.2, 0) is 14.3 Å². The van der Waals surface area contributed by atoms with E-state index in [1.54, 1.807) is 4.90 Å². The van der Waals surface area contributed by atoms with Gasteiger partial charge in [0.25, 0.3) is 0 Å². The van der Waals surface area contributed by atoms with E-state index in [0.717, 1.165) is 24.5 Å². The van der Waals surface area contributed by atoms with Gasteiger partial charge in [-0.3, -0.25) is 9.59 Å². The summed E-state index contributed by atoms with van der Waals surface area (Å²) in [4.78, 5) is 34.4. The van der Waals surface area contributed by atoms with Gasteiger partial charge in [0, 0.05) is 46.6 Å². The van der Waals surface area contributed by atoms with Gasteiger partial charge < -0.3 is 19.4 Å². The highest BCUT2D eigenvalue weighted by molar-refractivity contribution is 5.80. The maximum Gasteiger partial charge on any atom is 0.224 e. The molecule has 0 radical (unpaired) electrons. The monoisotopic (exact) mass is 346 g/mol. The molecule has 136 valence electrons. The molecule has 1 atom stereocenters. The molecule has 7 nitrogen and oxygen atoms in total. The third-order valence-corrected chi connectivity index (χ3v) is 4.73. The molecule has 0 spiro atoms. The van der Waals surface area contributed by atoms with Crippen LogP contribution >= 0.6 is 0 Å². The normalized spacial score (nSPS) is 20.9. The van der Waals surface area contributed by atoms with Crippen LogP contribution in [0.2, 0.25) is 0 Å². The first kappa shape index (κ1) is 17.7. The van der Waals surface area contributed by atoms with Crippen molar-refractivity contribution in [2.24, 2.45) is 0 Å². The maximum absolute atomic E-state index is 12.5. The van der Waals surface area contributed by atoms with Gasteiger partial charge in [-0.1, -0.05) is 6.07 Å². The van der Waals surface area contributed by atoms with Gasteiger partial charge >= 0.3 is 0 Å². The number of ether oxygens (including phenoxy) is 1. The van der Waals surface area contributed by atoms with Gasteiger partial charge in [0.1, 0.15) is 11.9 Å². The van der Waals surface area contributed by atoms with Crippen molar-refractivity contribution in [3.05, 3.63) is 23.9 Å². The average Bonchev–Trinajstić information content (AvgIpc) is 3.05. The average molecular weight is 346 g/mol. The quantitative estimate of drug-likeness (QED) is 0.798. The Balaban J connectivity index is 1.58. The molecule has 0 bridgehead atoms. The molecular weight excluding hydrogens is 320 g/mol. The first-order valence-electron chi connectivity index (χ1n) is 8.86. The number of aromatic nitrogens is 1. The van der Waals surface area contributed by atoms with Crippen molar-refractivity contribution in [3.8, 4) is 0 Å². The van der Waals surface area contributed by atoms with Crippen LogP contribution in [0, 0.1) is 0 Å². The van der Waals surface area contributed by atoms with Crippen molar-refractivity contribution in [2.45, 2.75) is 25.4 Å². The maximum atomic E-state index is 12.5. The minimum absolute atomic E-state index is 0.0803. The number of hydrogen-bond acceptors (Lipinski definition) is 5. The largest absolute Gasteiger partial charge is 0.368 e. The molecule has 1 unspecified atom stereocenters. The summed E-state index contributed by atoms with van der Waals surface area (Å²) in [6.45, 7) is 2.91. The highest BCUT2D eigenvalue weighted by Gasteiger charge is 2.27. The standard InChI is InChI=1S/C18H26N4O3/c1-20(2)16-6-3-5-14(19-16)15-13-22(11-12-25-15)18(24)8-10-21-9-4-7-17(21)23/h3,5-6,15H,4,7-13H2,1-2H3. The van der Waals surface area contributed by atoms with Crippen molar-refractivity contribution in [1.82, 2.24) is 14.8 Å². The van der Waals surface area contributed by atoms with Gasteiger partial charge in [-0.15, -0.1) is 0 Å². The summed E-state index contributed by atoms with van der Waals surface area (Å²) in [6.07, 6.45) is 1.69. The number of likely N-dealkylation sites (tertiary alicyclic amines) is 1. The van der Waals surface area contributed by atoms with Gasteiger partial charge in [0.05, 0.1) is 18.8 Å². The lowest BCUT2D eigenvalue weighted by Gasteiger charge is -2.33. The molecule has 3 heterocycles. The number of nitrogens with zero attached hydrogens (tertiary/aromatic N) is 4. The predicted octanol–water partition coefficient (Wildman–Crippen LogP) is 1.06. The van der Waals surface area contributed by atoms with E-state index in [0.29, 0.717) is 39.1 Å². The van der Waals surface area contributed by atoms with E-state index >= 15 is 0 Å². The van der Waals surface area contributed by atoms with Crippen LogP contribution in [0.25, 0.3) is 0 Å². The second-order valence-electron chi connectivity index (χ2n) is 6.75. The Morgan fingerprint density at radius 3 is 2.92 bits per heavy atom. The summed E-state index contributed by atoms with van der Waals surface area (Å²) >= 11 is 0. The molecule has 1 aromatic heterocycles. The predicted molar refractivity (Wildman–Crippen MR) is 94.3 cm³/mol. The summed E-state index contributed by atoms with van der Waals surface area (Å²) in [6, 6.07) is 5.84. The van der Waals surface area contributed by atoms with Crippen LogP contribution in [0.1, 0.15) is 31.1 Å². The summed E-state index contributed by atoms with van der Waals surface area (Å²) < 4.78 is 5.83. The van der Waals surface area contributed by atoms with Gasteiger partial charge in [0.2, 0.25) is 11.8 Å². The molecule has 25 heavy (non-hydrogen) atoms. The zero-order valence-electron chi connectivity index (χ0n) is 15.0. The van der Waals surface area contributed by atoms with Gasteiger partial charge in [0.15, 0.2) is 0 Å². The minimum Gasteiger partial charge on any atom is -0.368 e. The van der Waals surface area contributed by atoms with Crippen LogP contribution in [-0.4, -0.2) is 73.5 Å². The zero-order valence-corrected chi connectivity index (χ0v) is 15.0. The Morgan fingerprint density at radius 1 is 1.36 bits per heavy atom. The third kappa shape index (κ3) is 4.28.